The summed E-state index contributed by atoms with van der Waals surface area (Å²) in [7, 11) is 0. The molecule has 0 unspecified atom stereocenters. The van der Waals surface area contributed by atoms with Gasteiger partial charge in [0, 0.05) is 26.2 Å². The zero-order valence-corrected chi connectivity index (χ0v) is 11.7. The molecule has 0 saturated carbocycles. The quantitative estimate of drug-likeness (QED) is 0.798. The number of piperazine rings is 1. The van der Waals surface area contributed by atoms with Crippen molar-refractivity contribution in [2.75, 3.05) is 32.7 Å². The molecule has 3 rings (SSSR count). The molecule has 1 aromatic rings. The largest absolute Gasteiger partial charge is 0.340 e. The Kier molecular flexibility index (Phi) is 3.70. The Morgan fingerprint density at radius 2 is 1.67 bits per heavy atom. The molecule has 0 radical (unpaired) electrons. The summed E-state index contributed by atoms with van der Waals surface area (Å²) >= 11 is 0. The van der Waals surface area contributed by atoms with Crippen LogP contribution in [0.4, 0.5) is 0 Å². The van der Waals surface area contributed by atoms with E-state index in [9.17, 15) is 14.4 Å². The smallest absolute Gasteiger partial charge is 0.261 e. The first kappa shape index (κ1) is 13.8. The van der Waals surface area contributed by atoms with Gasteiger partial charge in [0.2, 0.25) is 5.91 Å². The molecule has 1 aromatic carbocycles. The van der Waals surface area contributed by atoms with Crippen LogP contribution in [0.15, 0.2) is 24.3 Å². The van der Waals surface area contributed by atoms with Gasteiger partial charge in [-0.25, -0.2) is 0 Å². The monoisotopic (exact) mass is 287 g/mol. The summed E-state index contributed by atoms with van der Waals surface area (Å²) in [6.07, 6.45) is 0.608. The average molecular weight is 287 g/mol. The molecule has 2 aliphatic rings. The molecule has 0 bridgehead atoms. The van der Waals surface area contributed by atoms with Crippen molar-refractivity contribution < 1.29 is 14.4 Å². The highest BCUT2D eigenvalue weighted by molar-refractivity contribution is 6.21. The fourth-order valence-corrected chi connectivity index (χ4v) is 2.74. The number of carbonyl (C=O) groups is 3. The second kappa shape index (κ2) is 5.65. The third-order valence-electron chi connectivity index (χ3n) is 3.88. The molecule has 1 saturated heterocycles. The van der Waals surface area contributed by atoms with Gasteiger partial charge in [0.25, 0.3) is 11.8 Å². The maximum absolute atomic E-state index is 12.2. The summed E-state index contributed by atoms with van der Waals surface area (Å²) in [6.45, 7) is 2.77. The van der Waals surface area contributed by atoms with Crippen molar-refractivity contribution in [1.82, 2.24) is 15.1 Å². The van der Waals surface area contributed by atoms with Crippen molar-refractivity contribution in [2.45, 2.75) is 6.42 Å². The normalized spacial score (nSPS) is 18.4. The van der Waals surface area contributed by atoms with Crippen molar-refractivity contribution in [3.63, 3.8) is 0 Å². The fourth-order valence-electron chi connectivity index (χ4n) is 2.74. The molecular weight excluding hydrogens is 270 g/mol. The van der Waals surface area contributed by atoms with Gasteiger partial charge in [-0.15, -0.1) is 0 Å². The minimum atomic E-state index is -0.234. The molecule has 0 spiro atoms. The van der Waals surface area contributed by atoms with E-state index in [1.807, 2.05) is 0 Å². The highest BCUT2D eigenvalue weighted by Crippen LogP contribution is 2.22. The number of rotatable bonds is 4. The van der Waals surface area contributed by atoms with E-state index in [4.69, 9.17) is 0 Å². The number of amides is 3. The van der Waals surface area contributed by atoms with Gasteiger partial charge in [-0.2, -0.15) is 0 Å². The van der Waals surface area contributed by atoms with E-state index in [2.05, 4.69) is 5.32 Å². The molecule has 21 heavy (non-hydrogen) atoms. The number of nitrogens with zero attached hydrogens (tertiary/aromatic N) is 2. The van der Waals surface area contributed by atoms with Crippen LogP contribution in [-0.4, -0.2) is 60.2 Å². The molecule has 0 atom stereocenters. The highest BCUT2D eigenvalue weighted by Gasteiger charge is 2.34. The Bertz CT molecular complexity index is 565. The van der Waals surface area contributed by atoms with Crippen LogP contribution in [0, 0.1) is 0 Å². The predicted octanol–water partition coefficient (Wildman–Crippen LogP) is 0.105. The molecule has 2 aliphatic heterocycles. The van der Waals surface area contributed by atoms with E-state index in [0.717, 1.165) is 6.54 Å². The van der Waals surface area contributed by atoms with Crippen molar-refractivity contribution in [2.24, 2.45) is 0 Å². The topological polar surface area (TPSA) is 69.7 Å². The van der Waals surface area contributed by atoms with Crippen molar-refractivity contribution in [3.05, 3.63) is 35.4 Å². The van der Waals surface area contributed by atoms with E-state index >= 15 is 0 Å². The first-order chi connectivity index (χ1) is 10.2. The van der Waals surface area contributed by atoms with Gasteiger partial charge in [0.1, 0.15) is 0 Å². The third-order valence-corrected chi connectivity index (χ3v) is 3.88. The molecule has 0 aliphatic carbocycles. The van der Waals surface area contributed by atoms with E-state index < -0.39 is 0 Å². The van der Waals surface area contributed by atoms with Gasteiger partial charge in [0.05, 0.1) is 17.7 Å². The van der Waals surface area contributed by atoms with E-state index in [1.54, 1.807) is 29.2 Å². The summed E-state index contributed by atoms with van der Waals surface area (Å²) in [5, 5.41) is 3.01. The minimum absolute atomic E-state index is 0.0728. The van der Waals surface area contributed by atoms with Crippen molar-refractivity contribution in [1.29, 1.82) is 0 Å². The second-order valence-electron chi connectivity index (χ2n) is 5.22. The van der Waals surface area contributed by atoms with Crippen molar-refractivity contribution >= 4 is 17.7 Å². The standard InChI is InChI=1S/C15H17N3O3/c19-13-10-16-6-9-17(13)7-3-8-18-14(20)11-4-1-2-5-12(11)15(18)21/h1-2,4-5,16H,3,6-10H2. The Morgan fingerprint density at radius 3 is 2.29 bits per heavy atom. The van der Waals surface area contributed by atoms with Gasteiger partial charge < -0.3 is 10.2 Å². The van der Waals surface area contributed by atoms with Gasteiger partial charge >= 0.3 is 0 Å². The number of hydrogen-bond acceptors (Lipinski definition) is 4. The zero-order chi connectivity index (χ0) is 14.8. The van der Waals surface area contributed by atoms with E-state index in [0.29, 0.717) is 43.7 Å². The third kappa shape index (κ3) is 2.54. The molecule has 1 fully saturated rings. The SMILES string of the molecule is O=C1CNCCN1CCCN1C(=O)c2ccccc2C1=O. The van der Waals surface area contributed by atoms with Gasteiger partial charge in [-0.1, -0.05) is 12.1 Å². The van der Waals surface area contributed by atoms with Crippen molar-refractivity contribution in [3.8, 4) is 0 Å². The van der Waals surface area contributed by atoms with Gasteiger partial charge in [-0.3, -0.25) is 19.3 Å². The fraction of sp³-hybridized carbons (Fsp3) is 0.400. The van der Waals surface area contributed by atoms with Gasteiger partial charge in [0.15, 0.2) is 0 Å². The summed E-state index contributed by atoms with van der Waals surface area (Å²) < 4.78 is 0. The summed E-state index contributed by atoms with van der Waals surface area (Å²) in [4.78, 5) is 39.0. The number of nitrogens with one attached hydrogen (secondary N) is 1. The van der Waals surface area contributed by atoms with E-state index in [-0.39, 0.29) is 17.7 Å². The molecule has 3 amide bonds. The molecule has 1 N–H and O–H groups in total. The number of imide groups is 1. The Morgan fingerprint density at radius 1 is 1.00 bits per heavy atom. The second-order valence-corrected chi connectivity index (χ2v) is 5.22. The maximum atomic E-state index is 12.2. The number of hydrogen-bond donors (Lipinski definition) is 1. The van der Waals surface area contributed by atoms with Crippen LogP contribution in [0.1, 0.15) is 27.1 Å². The lowest BCUT2D eigenvalue weighted by atomic mass is 10.1. The zero-order valence-electron chi connectivity index (χ0n) is 11.7. The first-order valence-electron chi connectivity index (χ1n) is 7.12. The molecule has 0 aromatic heterocycles. The molecular formula is C15H17N3O3. The Balaban J connectivity index is 1.58. The average Bonchev–Trinajstić information content (AvgIpc) is 2.74. The lowest BCUT2D eigenvalue weighted by molar-refractivity contribution is -0.131. The van der Waals surface area contributed by atoms with Crippen LogP contribution >= 0.6 is 0 Å². The molecule has 2 heterocycles. The van der Waals surface area contributed by atoms with Crippen LogP contribution in [0.5, 0.6) is 0 Å². The molecule has 6 nitrogen and oxygen atoms in total. The molecule has 6 heteroatoms. The van der Waals surface area contributed by atoms with E-state index in [1.165, 1.54) is 4.90 Å². The lowest BCUT2D eigenvalue weighted by Crippen LogP contribution is -2.48. The number of fused-ring (bicyclic) bond motifs is 1. The first-order valence-corrected chi connectivity index (χ1v) is 7.12. The Labute approximate surface area is 122 Å². The summed E-state index contributed by atoms with van der Waals surface area (Å²) in [5.41, 5.74) is 0.946. The van der Waals surface area contributed by atoms with Crippen LogP contribution in [0.2, 0.25) is 0 Å². The molecule has 110 valence electrons. The van der Waals surface area contributed by atoms with Gasteiger partial charge in [-0.05, 0) is 18.6 Å². The lowest BCUT2D eigenvalue weighted by Gasteiger charge is -2.27. The highest BCUT2D eigenvalue weighted by atomic mass is 16.2. The maximum Gasteiger partial charge on any atom is 0.261 e. The number of benzene rings is 1. The minimum Gasteiger partial charge on any atom is -0.340 e. The van der Waals surface area contributed by atoms with Crippen LogP contribution in [0.25, 0.3) is 0 Å². The number of carbonyl (C=O) groups excluding carboxylic acids is 3. The summed E-state index contributed by atoms with van der Waals surface area (Å²) in [5.74, 6) is -0.395. The van der Waals surface area contributed by atoms with Crippen LogP contribution in [-0.2, 0) is 4.79 Å². The van der Waals surface area contributed by atoms with Crippen LogP contribution in [0.3, 0.4) is 0 Å². The van der Waals surface area contributed by atoms with Crippen LogP contribution < -0.4 is 5.32 Å². The Hall–Kier alpha value is -2.21. The summed E-state index contributed by atoms with van der Waals surface area (Å²) in [6, 6.07) is 6.87. The predicted molar refractivity (Wildman–Crippen MR) is 75.9 cm³/mol.